The highest BCUT2D eigenvalue weighted by Crippen LogP contribution is 2.32. The maximum Gasteiger partial charge on any atom is 0.497 e. The Balaban J connectivity index is 4.74. The monoisotopic (exact) mass is 551 g/mol. The molecule has 0 amide bonds. The van der Waals surface area contributed by atoms with Crippen molar-refractivity contribution in [3.63, 3.8) is 0 Å². The highest BCUT2D eigenvalue weighted by Gasteiger charge is 2.55. The molecule has 0 spiro atoms. The summed E-state index contributed by atoms with van der Waals surface area (Å²) < 4.78 is 22.2. The number of carbonyl (C=O) groups is 1. The van der Waals surface area contributed by atoms with Crippen molar-refractivity contribution in [2.45, 2.75) is 154 Å². The van der Waals surface area contributed by atoms with E-state index in [9.17, 15) is 9.36 Å². The molecule has 0 radical (unpaired) electrons. The molecule has 0 aromatic carbocycles. The average molecular weight is 552 g/mol. The zero-order valence-electron chi connectivity index (χ0n) is 23.9. The lowest BCUT2D eigenvalue weighted by molar-refractivity contribution is -0.402. The van der Waals surface area contributed by atoms with E-state index in [4.69, 9.17) is 19.2 Å². The fourth-order valence-electron chi connectivity index (χ4n) is 4.02. The molecule has 0 aliphatic carbocycles. The van der Waals surface area contributed by atoms with Crippen molar-refractivity contribution in [3.8, 4) is 0 Å². The first-order chi connectivity index (χ1) is 17.5. The predicted octanol–water partition coefficient (Wildman–Crippen LogP) is 8.98. The Morgan fingerprint density at radius 2 is 1.33 bits per heavy atom. The van der Waals surface area contributed by atoms with Crippen LogP contribution in [0, 0.1) is 0 Å². The van der Waals surface area contributed by atoms with Crippen molar-refractivity contribution >= 4 is 26.2 Å². The number of ether oxygens (including phenoxy) is 2. The number of unbranched alkanes of at least 4 members (excludes halogenated alkanes) is 13. The van der Waals surface area contributed by atoms with Crippen LogP contribution < -0.4 is 0 Å². The normalized spacial score (nSPS) is 15.0. The van der Waals surface area contributed by atoms with Gasteiger partial charge in [0.15, 0.2) is 0 Å². The first-order valence-electron chi connectivity index (χ1n) is 14.6. The molecule has 0 saturated heterocycles. The smallest absolute Gasteiger partial charge is 0.461 e. The van der Waals surface area contributed by atoms with E-state index in [-0.39, 0.29) is 18.0 Å². The standard InChI is InChI=1S/C28H55O6PS/c1-6-9-11-13-15-17-19-21-24-36-26(22-20-18-16-14-12-10-7-2)25(4)33-34-28(35-30,27(29)31-5)32-23-8-3/h25-26H,6-24H2,1-5H3/p+1. The summed E-state index contributed by atoms with van der Waals surface area (Å²) in [6.45, 7) is 8.58. The quantitative estimate of drug-likeness (QED) is 0.0252. The van der Waals surface area contributed by atoms with Crippen LogP contribution in [0.25, 0.3) is 0 Å². The number of hydrogen-bond donors (Lipinski definition) is 0. The van der Waals surface area contributed by atoms with Gasteiger partial charge in [-0.05, 0) is 31.9 Å². The number of rotatable bonds is 27. The molecule has 0 rings (SSSR count). The Labute approximate surface area is 227 Å². The van der Waals surface area contributed by atoms with E-state index in [1.165, 1.54) is 97.0 Å². The summed E-state index contributed by atoms with van der Waals surface area (Å²) in [5.41, 5.74) is -2.02. The summed E-state index contributed by atoms with van der Waals surface area (Å²) >= 11 is 1.93. The molecule has 4 atom stereocenters. The molecule has 0 aromatic rings. The molecule has 0 aromatic heterocycles. The number of hydrogen-bond acceptors (Lipinski definition) is 7. The van der Waals surface area contributed by atoms with Gasteiger partial charge in [0.25, 0.3) is 0 Å². The lowest BCUT2D eigenvalue weighted by Gasteiger charge is -2.25. The Kier molecular flexibility index (Phi) is 25.0. The fourth-order valence-corrected chi connectivity index (χ4v) is 5.77. The molecule has 36 heavy (non-hydrogen) atoms. The number of esters is 1. The van der Waals surface area contributed by atoms with Crippen LogP contribution in [0.5, 0.6) is 0 Å². The van der Waals surface area contributed by atoms with Crippen molar-refractivity contribution in [3.05, 3.63) is 0 Å². The summed E-state index contributed by atoms with van der Waals surface area (Å²) in [5, 5.41) is 0.238. The molecule has 0 fully saturated rings. The second kappa shape index (κ2) is 25.1. The lowest BCUT2D eigenvalue weighted by Crippen LogP contribution is -2.42. The van der Waals surface area contributed by atoms with Crippen molar-refractivity contribution < 1.29 is 28.6 Å². The second-order valence-electron chi connectivity index (χ2n) is 9.74. The van der Waals surface area contributed by atoms with Crippen LogP contribution in [0.3, 0.4) is 0 Å². The van der Waals surface area contributed by atoms with Crippen LogP contribution in [-0.2, 0) is 28.6 Å². The molecule has 8 heteroatoms. The molecular weight excluding hydrogens is 495 g/mol. The van der Waals surface area contributed by atoms with Gasteiger partial charge in [-0.1, -0.05) is 115 Å². The van der Waals surface area contributed by atoms with Crippen LogP contribution in [-0.4, -0.2) is 42.3 Å². The molecule has 214 valence electrons. The van der Waals surface area contributed by atoms with E-state index in [0.717, 1.165) is 18.6 Å². The Morgan fingerprint density at radius 1 is 0.806 bits per heavy atom. The van der Waals surface area contributed by atoms with Gasteiger partial charge in [0.2, 0.25) is 0 Å². The van der Waals surface area contributed by atoms with Crippen molar-refractivity contribution in [2.75, 3.05) is 19.5 Å². The SMILES string of the molecule is CCCCCCCCCCSC(CCCCCCCCC)C(C)OOC(OCCC)([PH+]=O)C(=O)OC. The third kappa shape index (κ3) is 17.3. The molecule has 0 aliphatic rings. The maximum atomic E-state index is 12.3. The summed E-state index contributed by atoms with van der Waals surface area (Å²) in [5.74, 6) is 0.244. The van der Waals surface area contributed by atoms with Crippen LogP contribution in [0.2, 0.25) is 0 Å². The maximum absolute atomic E-state index is 12.3. The third-order valence-electron chi connectivity index (χ3n) is 6.36. The number of methoxy groups -OCH3 is 1. The van der Waals surface area contributed by atoms with Gasteiger partial charge in [-0.3, -0.25) is 4.74 Å². The minimum Gasteiger partial charge on any atom is -0.461 e. The first kappa shape index (κ1) is 35.8. The molecular formula is C28H56O6PS+. The Morgan fingerprint density at radius 3 is 1.83 bits per heavy atom. The minimum absolute atomic E-state index is 0.219. The van der Waals surface area contributed by atoms with Gasteiger partial charge in [-0.2, -0.15) is 11.8 Å². The van der Waals surface area contributed by atoms with Gasteiger partial charge in [-0.25, -0.2) is 9.68 Å². The summed E-state index contributed by atoms with van der Waals surface area (Å²) in [6.07, 6.45) is 20.7. The molecule has 4 unspecified atom stereocenters. The first-order valence-corrected chi connectivity index (χ1v) is 16.5. The van der Waals surface area contributed by atoms with E-state index >= 15 is 0 Å². The van der Waals surface area contributed by atoms with Crippen LogP contribution in [0.1, 0.15) is 137 Å². The molecule has 6 nitrogen and oxygen atoms in total. The largest absolute Gasteiger partial charge is 0.497 e. The van der Waals surface area contributed by atoms with E-state index in [0.29, 0.717) is 6.42 Å². The Hall–Kier alpha value is -0.200. The van der Waals surface area contributed by atoms with Crippen LogP contribution >= 0.6 is 20.2 Å². The van der Waals surface area contributed by atoms with E-state index < -0.39 is 20.0 Å². The average Bonchev–Trinajstić information content (AvgIpc) is 2.90. The van der Waals surface area contributed by atoms with Crippen LogP contribution in [0.15, 0.2) is 0 Å². The summed E-state index contributed by atoms with van der Waals surface area (Å²) in [4.78, 5) is 23.4. The van der Waals surface area contributed by atoms with Crippen molar-refractivity contribution in [2.24, 2.45) is 0 Å². The van der Waals surface area contributed by atoms with Crippen molar-refractivity contribution in [1.82, 2.24) is 0 Å². The van der Waals surface area contributed by atoms with Crippen molar-refractivity contribution in [1.29, 1.82) is 0 Å². The molecule has 0 aliphatic heterocycles. The van der Waals surface area contributed by atoms with E-state index in [1.54, 1.807) is 0 Å². The molecule has 0 bridgehead atoms. The minimum atomic E-state index is -2.02. The van der Waals surface area contributed by atoms with E-state index in [2.05, 4.69) is 13.8 Å². The highest BCUT2D eigenvalue weighted by molar-refractivity contribution is 7.99. The lowest BCUT2D eigenvalue weighted by atomic mass is 10.1. The summed E-state index contributed by atoms with van der Waals surface area (Å²) in [6, 6.07) is 0. The predicted molar refractivity (Wildman–Crippen MR) is 153 cm³/mol. The van der Waals surface area contributed by atoms with Gasteiger partial charge in [-0.15, -0.1) is 4.89 Å². The molecule has 0 saturated carbocycles. The van der Waals surface area contributed by atoms with E-state index in [1.807, 2.05) is 25.6 Å². The van der Waals surface area contributed by atoms with Crippen LogP contribution in [0.4, 0.5) is 0 Å². The second-order valence-corrected chi connectivity index (χ2v) is 11.9. The molecule has 0 heterocycles. The van der Waals surface area contributed by atoms with Gasteiger partial charge in [0.05, 0.1) is 13.7 Å². The Bertz CT molecular complexity index is 524. The summed E-state index contributed by atoms with van der Waals surface area (Å²) in [7, 11) is 0.0334. The fraction of sp³-hybridized carbons (Fsp3) is 0.964. The molecule has 0 N–H and O–H groups in total. The van der Waals surface area contributed by atoms with Gasteiger partial charge in [0.1, 0.15) is 6.10 Å². The topological polar surface area (TPSA) is 71.1 Å². The highest BCUT2D eigenvalue weighted by atomic mass is 32.2. The zero-order chi connectivity index (χ0) is 26.9. The zero-order valence-corrected chi connectivity index (χ0v) is 25.8. The van der Waals surface area contributed by atoms with Gasteiger partial charge < -0.3 is 4.74 Å². The van der Waals surface area contributed by atoms with Gasteiger partial charge in [0, 0.05) is 5.25 Å². The third-order valence-corrected chi connectivity index (χ3v) is 8.63. The number of thioether (sulfide) groups is 1. The van der Waals surface area contributed by atoms with Gasteiger partial charge >= 0.3 is 20.0 Å². The number of carbonyl (C=O) groups excluding carboxylic acids is 1.